The number of hydrogen-bond donors (Lipinski definition) is 2. The molecule has 2 fully saturated rings. The highest BCUT2D eigenvalue weighted by Crippen LogP contribution is 2.24. The van der Waals surface area contributed by atoms with Gasteiger partial charge in [-0.05, 0) is 62.6 Å². The highest BCUT2D eigenvalue weighted by Gasteiger charge is 2.29. The molecule has 242 valence electrons. The van der Waals surface area contributed by atoms with Crippen molar-refractivity contribution in [3.8, 4) is 0 Å². The predicted octanol–water partition coefficient (Wildman–Crippen LogP) is 4.51. The monoisotopic (exact) mass is 620 g/mol. The normalized spacial score (nSPS) is 18.2. The molecule has 2 aliphatic heterocycles. The number of likely N-dealkylation sites (tertiary alicyclic amines) is 2. The molecule has 2 atom stereocenters. The molecule has 2 saturated heterocycles. The number of aliphatic imine (C=N–C) groups is 1. The van der Waals surface area contributed by atoms with Gasteiger partial charge in [0.25, 0.3) is 5.91 Å². The van der Waals surface area contributed by atoms with Crippen molar-refractivity contribution in [2.24, 2.45) is 10.9 Å². The van der Waals surface area contributed by atoms with Crippen LogP contribution in [0.25, 0.3) is 0 Å². The molecule has 2 aliphatic rings. The van der Waals surface area contributed by atoms with Crippen LogP contribution in [-0.2, 0) is 25.7 Å². The average Bonchev–Trinajstić information content (AvgIpc) is 3.07. The van der Waals surface area contributed by atoms with Crippen molar-refractivity contribution in [3.05, 3.63) is 71.8 Å². The maximum atomic E-state index is 13.1. The number of carbonyl (C=O) groups excluding carboxylic acids is 3. The molecule has 2 heterocycles. The molecule has 3 amide bonds. The van der Waals surface area contributed by atoms with Crippen molar-refractivity contribution in [1.82, 2.24) is 15.1 Å². The van der Waals surface area contributed by atoms with E-state index in [2.05, 4.69) is 5.32 Å². The van der Waals surface area contributed by atoms with Gasteiger partial charge in [0.15, 0.2) is 5.90 Å². The number of aliphatic carboxylic acids is 1. The van der Waals surface area contributed by atoms with Gasteiger partial charge in [-0.3, -0.25) is 14.6 Å². The molecule has 1 unspecified atom stereocenters. The Morgan fingerprint density at radius 1 is 0.933 bits per heavy atom. The fourth-order valence-corrected chi connectivity index (χ4v) is 5.71. The number of carboxylic acids is 1. The van der Waals surface area contributed by atoms with Crippen LogP contribution in [0.2, 0.25) is 0 Å². The molecule has 2 aromatic rings. The van der Waals surface area contributed by atoms with Crippen LogP contribution in [-0.4, -0.2) is 89.6 Å². The highest BCUT2D eigenvalue weighted by atomic mass is 16.6. The summed E-state index contributed by atoms with van der Waals surface area (Å²) < 4.78 is 11.2. The number of rotatable bonds is 12. The van der Waals surface area contributed by atoms with Crippen LogP contribution in [0.15, 0.2) is 65.7 Å². The Morgan fingerprint density at radius 2 is 1.62 bits per heavy atom. The number of ether oxygens (including phenoxy) is 2. The number of nitrogens with zero attached hydrogens (tertiary/aromatic N) is 3. The summed E-state index contributed by atoms with van der Waals surface area (Å²) in [5.41, 5.74) is 1.32. The Bertz CT molecular complexity index is 1300. The van der Waals surface area contributed by atoms with Crippen LogP contribution in [0.3, 0.4) is 0 Å². The molecule has 2 aromatic carbocycles. The zero-order chi connectivity index (χ0) is 32.0. The summed E-state index contributed by atoms with van der Waals surface area (Å²) in [4.78, 5) is 58.5. The van der Waals surface area contributed by atoms with Gasteiger partial charge >= 0.3 is 12.1 Å². The van der Waals surface area contributed by atoms with E-state index in [1.807, 2.05) is 35.2 Å². The number of carbonyl (C=O) groups is 4. The fourth-order valence-electron chi connectivity index (χ4n) is 5.71. The first kappa shape index (κ1) is 33.5. The van der Waals surface area contributed by atoms with Gasteiger partial charge in [-0.15, -0.1) is 0 Å². The molecule has 45 heavy (non-hydrogen) atoms. The topological polar surface area (TPSA) is 138 Å². The molecule has 0 aromatic heterocycles. The van der Waals surface area contributed by atoms with Gasteiger partial charge in [-0.25, -0.2) is 9.59 Å². The summed E-state index contributed by atoms with van der Waals surface area (Å²) in [6, 6.07) is 16.6. The molecule has 2 N–H and O–H groups in total. The second kappa shape index (κ2) is 17.2. The molecule has 0 saturated carbocycles. The molecule has 0 spiro atoms. The number of piperidine rings is 2. The van der Waals surface area contributed by atoms with E-state index in [0.717, 1.165) is 37.7 Å². The maximum absolute atomic E-state index is 13.1. The second-order valence-corrected chi connectivity index (χ2v) is 11.5. The lowest BCUT2D eigenvalue weighted by atomic mass is 9.92. The molecule has 0 radical (unpaired) electrons. The minimum atomic E-state index is -1.21. The SMILES string of the molecule is CCOC(C[C@H](NC(=O)c1ccccc1)C(=O)O)=NC1CCCN(C(=O)CCC2CCN(C(=O)OCc3ccccc3)CC2)C1. The number of hydrogen-bond acceptors (Lipinski definition) is 7. The van der Waals surface area contributed by atoms with Crippen molar-refractivity contribution >= 4 is 29.8 Å². The highest BCUT2D eigenvalue weighted by molar-refractivity contribution is 5.97. The van der Waals surface area contributed by atoms with Crippen LogP contribution in [0.1, 0.15) is 67.8 Å². The van der Waals surface area contributed by atoms with E-state index in [-0.39, 0.29) is 37.0 Å². The minimum absolute atomic E-state index is 0.0797. The van der Waals surface area contributed by atoms with Crippen molar-refractivity contribution in [2.45, 2.75) is 70.6 Å². The van der Waals surface area contributed by atoms with Crippen LogP contribution in [0, 0.1) is 5.92 Å². The fraction of sp³-hybridized carbons (Fsp3) is 0.500. The zero-order valence-corrected chi connectivity index (χ0v) is 25.9. The van der Waals surface area contributed by atoms with Crippen molar-refractivity contribution < 1.29 is 33.8 Å². The summed E-state index contributed by atoms with van der Waals surface area (Å²) >= 11 is 0. The van der Waals surface area contributed by atoms with Crippen molar-refractivity contribution in [2.75, 3.05) is 32.8 Å². The number of amides is 3. The zero-order valence-electron chi connectivity index (χ0n) is 25.9. The van der Waals surface area contributed by atoms with Gasteiger partial charge in [0, 0.05) is 38.2 Å². The Morgan fingerprint density at radius 3 is 2.29 bits per heavy atom. The Labute approximate surface area is 264 Å². The molecule has 11 heteroatoms. The average molecular weight is 621 g/mol. The molecule has 11 nitrogen and oxygen atoms in total. The lowest BCUT2D eigenvalue weighted by Gasteiger charge is -2.33. The smallest absolute Gasteiger partial charge is 0.410 e. The number of benzene rings is 2. The third kappa shape index (κ3) is 10.6. The summed E-state index contributed by atoms with van der Waals surface area (Å²) in [7, 11) is 0. The molecular weight excluding hydrogens is 576 g/mol. The van der Waals surface area contributed by atoms with Gasteiger partial charge in [-0.1, -0.05) is 48.5 Å². The quantitative estimate of drug-likeness (QED) is 0.263. The molecule has 0 aliphatic carbocycles. The van der Waals surface area contributed by atoms with Gasteiger partial charge < -0.3 is 29.7 Å². The van der Waals surface area contributed by atoms with Crippen LogP contribution in [0.5, 0.6) is 0 Å². The van der Waals surface area contributed by atoms with Crippen molar-refractivity contribution in [3.63, 3.8) is 0 Å². The first-order valence-corrected chi connectivity index (χ1v) is 15.8. The standard InChI is InChI=1S/C34H44N4O7/c1-2-44-30(22-29(33(41)42)36-32(40)27-12-7-4-8-13-27)35-28-14-9-19-38(23-28)31(39)16-15-25-17-20-37(21-18-25)34(43)45-24-26-10-5-3-6-11-26/h3-8,10-13,25,28-29H,2,9,14-24H2,1H3,(H,36,40)(H,41,42)/t28?,29-/m0/s1. The third-order valence-electron chi connectivity index (χ3n) is 8.25. The van der Waals surface area contributed by atoms with Gasteiger partial charge in [0.1, 0.15) is 12.6 Å². The van der Waals surface area contributed by atoms with Gasteiger partial charge in [0.2, 0.25) is 5.91 Å². The second-order valence-electron chi connectivity index (χ2n) is 11.5. The summed E-state index contributed by atoms with van der Waals surface area (Å²) in [5.74, 6) is -0.957. The van der Waals surface area contributed by atoms with E-state index < -0.39 is 17.9 Å². The van der Waals surface area contributed by atoms with E-state index >= 15 is 0 Å². The maximum Gasteiger partial charge on any atom is 0.410 e. The minimum Gasteiger partial charge on any atom is -0.481 e. The molecule has 0 bridgehead atoms. The summed E-state index contributed by atoms with van der Waals surface area (Å²) in [6.07, 6.45) is 4.03. The Balaban J connectivity index is 1.22. The van der Waals surface area contributed by atoms with Gasteiger partial charge in [-0.2, -0.15) is 0 Å². The number of nitrogens with one attached hydrogen (secondary N) is 1. The lowest BCUT2D eigenvalue weighted by molar-refractivity contribution is -0.139. The van der Waals surface area contributed by atoms with E-state index in [4.69, 9.17) is 14.5 Å². The predicted molar refractivity (Wildman–Crippen MR) is 169 cm³/mol. The summed E-state index contributed by atoms with van der Waals surface area (Å²) in [6.45, 7) is 4.69. The number of carboxylic acid groups (broad SMARTS) is 1. The molecular formula is C34H44N4O7. The lowest BCUT2D eigenvalue weighted by Crippen LogP contribution is -2.44. The van der Waals surface area contributed by atoms with Gasteiger partial charge in [0.05, 0.1) is 19.1 Å². The first-order valence-electron chi connectivity index (χ1n) is 15.8. The van der Waals surface area contributed by atoms with Crippen LogP contribution >= 0.6 is 0 Å². The van der Waals surface area contributed by atoms with E-state index in [1.165, 1.54) is 0 Å². The molecule has 4 rings (SSSR count). The van der Waals surface area contributed by atoms with E-state index in [9.17, 15) is 24.3 Å². The third-order valence-corrected chi connectivity index (χ3v) is 8.25. The Hall–Kier alpha value is -4.41. The largest absolute Gasteiger partial charge is 0.481 e. The van der Waals surface area contributed by atoms with E-state index in [1.54, 1.807) is 42.2 Å². The van der Waals surface area contributed by atoms with Crippen LogP contribution in [0.4, 0.5) is 4.79 Å². The summed E-state index contributed by atoms with van der Waals surface area (Å²) in [5, 5.41) is 12.3. The van der Waals surface area contributed by atoms with Crippen LogP contribution < -0.4 is 5.32 Å². The van der Waals surface area contributed by atoms with Crippen molar-refractivity contribution in [1.29, 1.82) is 0 Å². The van der Waals surface area contributed by atoms with E-state index in [0.29, 0.717) is 50.7 Å². The Kier molecular flexibility index (Phi) is 12.8. The first-order chi connectivity index (χ1) is 21.8.